The standard InChI is InChI=1S/C14H22N4O3/c1-17(2)13(19)10-18(6-7-21-3)14(20)11-4-5-16-12(8-11)9-15/h4-5,8H,6-7,9-10,15H2,1-3H3. The quantitative estimate of drug-likeness (QED) is 0.747. The molecule has 0 radical (unpaired) electrons. The maximum atomic E-state index is 12.5. The maximum absolute atomic E-state index is 12.5. The smallest absolute Gasteiger partial charge is 0.254 e. The zero-order valence-electron chi connectivity index (χ0n) is 12.7. The highest BCUT2D eigenvalue weighted by Crippen LogP contribution is 2.07. The minimum absolute atomic E-state index is 0.00940. The lowest BCUT2D eigenvalue weighted by molar-refractivity contribution is -0.129. The normalized spacial score (nSPS) is 10.3. The van der Waals surface area contributed by atoms with Crippen LogP contribution in [0.4, 0.5) is 0 Å². The number of amides is 2. The van der Waals surface area contributed by atoms with Crippen molar-refractivity contribution < 1.29 is 14.3 Å². The van der Waals surface area contributed by atoms with Crippen molar-refractivity contribution in [3.05, 3.63) is 29.6 Å². The number of carbonyl (C=O) groups is 2. The Kier molecular flexibility index (Phi) is 6.77. The van der Waals surface area contributed by atoms with Gasteiger partial charge in [-0.25, -0.2) is 0 Å². The fraction of sp³-hybridized carbons (Fsp3) is 0.500. The summed E-state index contributed by atoms with van der Waals surface area (Å²) in [6.07, 6.45) is 1.54. The first-order valence-electron chi connectivity index (χ1n) is 6.63. The Morgan fingerprint density at radius 1 is 1.38 bits per heavy atom. The van der Waals surface area contributed by atoms with E-state index < -0.39 is 0 Å². The number of hydrogen-bond acceptors (Lipinski definition) is 5. The summed E-state index contributed by atoms with van der Waals surface area (Å²) in [4.78, 5) is 31.3. The van der Waals surface area contributed by atoms with Crippen molar-refractivity contribution in [3.63, 3.8) is 0 Å². The molecular weight excluding hydrogens is 272 g/mol. The summed E-state index contributed by atoms with van der Waals surface area (Å²) in [5, 5.41) is 0. The predicted molar refractivity (Wildman–Crippen MR) is 78.6 cm³/mol. The van der Waals surface area contributed by atoms with Crippen molar-refractivity contribution in [2.45, 2.75) is 6.54 Å². The third-order valence-electron chi connectivity index (χ3n) is 2.95. The predicted octanol–water partition coefficient (Wildman–Crippen LogP) is -0.283. The van der Waals surface area contributed by atoms with E-state index >= 15 is 0 Å². The van der Waals surface area contributed by atoms with Crippen LogP contribution in [0, 0.1) is 0 Å². The summed E-state index contributed by atoms with van der Waals surface area (Å²) in [7, 11) is 4.86. The highest BCUT2D eigenvalue weighted by molar-refractivity contribution is 5.96. The largest absolute Gasteiger partial charge is 0.383 e. The third kappa shape index (κ3) is 5.13. The number of ether oxygens (including phenoxy) is 1. The van der Waals surface area contributed by atoms with Crippen molar-refractivity contribution in [1.82, 2.24) is 14.8 Å². The van der Waals surface area contributed by atoms with Crippen LogP contribution in [0.3, 0.4) is 0 Å². The van der Waals surface area contributed by atoms with Gasteiger partial charge in [-0.3, -0.25) is 14.6 Å². The van der Waals surface area contributed by atoms with Gasteiger partial charge in [-0.1, -0.05) is 0 Å². The molecule has 1 aromatic heterocycles. The minimum Gasteiger partial charge on any atom is -0.383 e. The Balaban J connectivity index is 2.89. The molecule has 1 aromatic rings. The SMILES string of the molecule is COCCN(CC(=O)N(C)C)C(=O)c1ccnc(CN)c1. The molecule has 0 aliphatic rings. The van der Waals surface area contributed by atoms with E-state index in [1.807, 2.05) is 0 Å². The van der Waals surface area contributed by atoms with E-state index in [9.17, 15) is 9.59 Å². The molecule has 0 atom stereocenters. The number of methoxy groups -OCH3 is 1. The molecule has 0 spiro atoms. The van der Waals surface area contributed by atoms with Crippen LogP contribution < -0.4 is 5.73 Å². The lowest BCUT2D eigenvalue weighted by Gasteiger charge is -2.23. The van der Waals surface area contributed by atoms with Crippen LogP contribution in [0.2, 0.25) is 0 Å². The van der Waals surface area contributed by atoms with Crippen LogP contribution in [0.5, 0.6) is 0 Å². The van der Waals surface area contributed by atoms with Crippen molar-refractivity contribution in [3.8, 4) is 0 Å². The fourth-order valence-corrected chi connectivity index (χ4v) is 1.66. The third-order valence-corrected chi connectivity index (χ3v) is 2.95. The van der Waals surface area contributed by atoms with E-state index in [0.717, 1.165) is 0 Å². The first kappa shape index (κ1) is 17.1. The first-order chi connectivity index (χ1) is 9.99. The van der Waals surface area contributed by atoms with Gasteiger partial charge >= 0.3 is 0 Å². The van der Waals surface area contributed by atoms with E-state index in [1.54, 1.807) is 33.3 Å². The average Bonchev–Trinajstić information content (AvgIpc) is 2.50. The Bertz CT molecular complexity index is 491. The molecule has 0 saturated heterocycles. The Labute approximate surface area is 124 Å². The van der Waals surface area contributed by atoms with E-state index in [4.69, 9.17) is 10.5 Å². The van der Waals surface area contributed by atoms with E-state index in [1.165, 1.54) is 16.0 Å². The Morgan fingerprint density at radius 3 is 2.67 bits per heavy atom. The second kappa shape index (κ2) is 8.33. The van der Waals surface area contributed by atoms with Gasteiger partial charge < -0.3 is 20.3 Å². The van der Waals surface area contributed by atoms with Gasteiger partial charge in [0.2, 0.25) is 5.91 Å². The van der Waals surface area contributed by atoms with Crippen LogP contribution in [0.25, 0.3) is 0 Å². The lowest BCUT2D eigenvalue weighted by atomic mass is 10.2. The van der Waals surface area contributed by atoms with Crippen LogP contribution in [-0.2, 0) is 16.1 Å². The molecule has 116 valence electrons. The van der Waals surface area contributed by atoms with Crippen LogP contribution in [0.1, 0.15) is 16.1 Å². The summed E-state index contributed by atoms with van der Waals surface area (Å²) in [6, 6.07) is 3.25. The molecule has 0 fully saturated rings. The van der Waals surface area contributed by atoms with Crippen LogP contribution in [-0.4, -0.2) is 67.5 Å². The van der Waals surface area contributed by atoms with Crippen LogP contribution in [0.15, 0.2) is 18.3 Å². The highest BCUT2D eigenvalue weighted by atomic mass is 16.5. The number of hydrogen-bond donors (Lipinski definition) is 1. The van der Waals surface area contributed by atoms with Crippen molar-refractivity contribution >= 4 is 11.8 Å². The molecule has 7 nitrogen and oxygen atoms in total. The average molecular weight is 294 g/mol. The summed E-state index contributed by atoms with van der Waals surface area (Å²) in [6.45, 7) is 0.974. The van der Waals surface area contributed by atoms with Gasteiger partial charge in [-0.05, 0) is 12.1 Å². The van der Waals surface area contributed by atoms with Gasteiger partial charge in [0, 0.05) is 46.1 Å². The maximum Gasteiger partial charge on any atom is 0.254 e. The number of pyridine rings is 1. The molecule has 2 N–H and O–H groups in total. The molecule has 0 aliphatic carbocycles. The van der Waals surface area contributed by atoms with E-state index in [2.05, 4.69) is 4.98 Å². The minimum atomic E-state index is -0.237. The van der Waals surface area contributed by atoms with Gasteiger partial charge in [-0.2, -0.15) is 0 Å². The first-order valence-corrected chi connectivity index (χ1v) is 6.63. The molecule has 1 rings (SSSR count). The molecule has 1 heterocycles. The summed E-state index contributed by atoms with van der Waals surface area (Å²) in [5.74, 6) is -0.382. The number of likely N-dealkylation sites (N-methyl/N-ethyl adjacent to an activating group) is 1. The molecule has 21 heavy (non-hydrogen) atoms. The number of nitrogens with zero attached hydrogens (tertiary/aromatic N) is 3. The monoisotopic (exact) mass is 294 g/mol. The fourth-order valence-electron chi connectivity index (χ4n) is 1.66. The van der Waals surface area contributed by atoms with Crippen molar-refractivity contribution in [2.24, 2.45) is 5.73 Å². The van der Waals surface area contributed by atoms with Crippen molar-refractivity contribution in [1.29, 1.82) is 0 Å². The summed E-state index contributed by atoms with van der Waals surface area (Å²) >= 11 is 0. The van der Waals surface area contributed by atoms with Gasteiger partial charge in [0.15, 0.2) is 0 Å². The van der Waals surface area contributed by atoms with Crippen LogP contribution >= 0.6 is 0 Å². The van der Waals surface area contributed by atoms with E-state index in [-0.39, 0.29) is 24.9 Å². The Hall–Kier alpha value is -1.99. The molecule has 2 amide bonds. The number of carbonyl (C=O) groups excluding carboxylic acids is 2. The van der Waals surface area contributed by atoms with E-state index in [0.29, 0.717) is 24.4 Å². The second-order valence-corrected chi connectivity index (χ2v) is 4.75. The molecule has 7 heteroatoms. The molecular formula is C14H22N4O3. The number of nitrogens with two attached hydrogens (primary N) is 1. The molecule has 0 bridgehead atoms. The van der Waals surface area contributed by atoms with Gasteiger partial charge in [-0.15, -0.1) is 0 Å². The molecule has 0 aromatic carbocycles. The lowest BCUT2D eigenvalue weighted by Crippen LogP contribution is -2.42. The highest BCUT2D eigenvalue weighted by Gasteiger charge is 2.19. The molecule has 0 unspecified atom stereocenters. The van der Waals surface area contributed by atoms with Crippen molar-refractivity contribution in [2.75, 3.05) is 40.9 Å². The van der Waals surface area contributed by atoms with Gasteiger partial charge in [0.25, 0.3) is 5.91 Å². The van der Waals surface area contributed by atoms with Gasteiger partial charge in [0.05, 0.1) is 12.3 Å². The summed E-state index contributed by atoms with van der Waals surface area (Å²) in [5.41, 5.74) is 6.62. The molecule has 0 aliphatic heterocycles. The zero-order valence-corrected chi connectivity index (χ0v) is 12.7. The Morgan fingerprint density at radius 2 is 2.10 bits per heavy atom. The molecule has 0 saturated carbocycles. The number of rotatable bonds is 7. The topological polar surface area (TPSA) is 88.8 Å². The van der Waals surface area contributed by atoms with Gasteiger partial charge in [0.1, 0.15) is 6.54 Å². The number of aromatic nitrogens is 1. The zero-order chi connectivity index (χ0) is 15.8. The second-order valence-electron chi connectivity index (χ2n) is 4.75. The summed E-state index contributed by atoms with van der Waals surface area (Å²) < 4.78 is 4.99.